The van der Waals surface area contributed by atoms with Crippen LogP contribution in [0.25, 0.3) is 0 Å². The number of alkyl carbamates (subject to hydrolysis) is 1. The maximum absolute atomic E-state index is 15.3. The van der Waals surface area contributed by atoms with Crippen molar-refractivity contribution in [2.45, 2.75) is 63.7 Å². The Kier molecular flexibility index (Phi) is 12.0. The Bertz CT molecular complexity index is 1370. The molecule has 0 saturated carbocycles. The molecule has 1 amide bonds. The van der Waals surface area contributed by atoms with E-state index in [-0.39, 0.29) is 12.5 Å². The minimum atomic E-state index is -3.62. The molecule has 0 radical (unpaired) electrons. The van der Waals surface area contributed by atoms with Crippen LogP contribution < -0.4 is 10.6 Å². The van der Waals surface area contributed by atoms with Gasteiger partial charge in [0.2, 0.25) is 7.37 Å². The third-order valence-electron chi connectivity index (χ3n) is 7.91. The summed E-state index contributed by atoms with van der Waals surface area (Å²) in [5.74, 6) is -1.22. The highest BCUT2D eigenvalue weighted by Gasteiger charge is 2.47. The number of hydrogen-bond donors (Lipinski definition) is 2. The summed E-state index contributed by atoms with van der Waals surface area (Å²) in [7, 11) is -2.13. The van der Waals surface area contributed by atoms with Gasteiger partial charge in [-0.3, -0.25) is 9.88 Å². The first kappa shape index (κ1) is 33.2. The van der Waals surface area contributed by atoms with Gasteiger partial charge in [-0.1, -0.05) is 149 Å². The molecule has 232 valence electrons. The Morgan fingerprint density at radius 1 is 0.750 bits per heavy atom. The average molecular weight is 613 g/mol. The summed E-state index contributed by atoms with van der Waals surface area (Å²) in [6.07, 6.45) is 1.16. The van der Waals surface area contributed by atoms with Gasteiger partial charge in [0.05, 0.1) is 11.3 Å². The summed E-state index contributed by atoms with van der Waals surface area (Å²) in [6.45, 7) is 6.29. The van der Waals surface area contributed by atoms with Crippen molar-refractivity contribution in [2.75, 3.05) is 7.11 Å². The molecule has 44 heavy (non-hydrogen) atoms. The molecule has 4 aromatic carbocycles. The third kappa shape index (κ3) is 7.87. The lowest BCUT2D eigenvalue weighted by Gasteiger charge is -2.43. The van der Waals surface area contributed by atoms with Crippen LogP contribution in [0.2, 0.25) is 0 Å². The molecule has 0 spiro atoms. The molecule has 6 nitrogen and oxygen atoms in total. The van der Waals surface area contributed by atoms with E-state index < -0.39 is 30.6 Å². The highest BCUT2D eigenvalue weighted by molar-refractivity contribution is 7.60. The van der Waals surface area contributed by atoms with E-state index in [1.54, 1.807) is 0 Å². The topological polar surface area (TPSA) is 76.7 Å². The fourth-order valence-electron chi connectivity index (χ4n) is 5.79. The minimum absolute atomic E-state index is 0.119. The lowest BCUT2D eigenvalue weighted by molar-refractivity contribution is 0.136. The van der Waals surface area contributed by atoms with Crippen molar-refractivity contribution in [3.8, 4) is 0 Å². The fourth-order valence-corrected chi connectivity index (χ4v) is 8.73. The predicted octanol–water partition coefficient (Wildman–Crippen LogP) is 8.92. The van der Waals surface area contributed by atoms with Gasteiger partial charge in [-0.25, -0.2) is 4.79 Å². The Hall–Kier alpha value is -3.70. The zero-order valence-electron chi connectivity index (χ0n) is 26.2. The van der Waals surface area contributed by atoms with Gasteiger partial charge in [-0.15, -0.1) is 0 Å². The molecule has 3 atom stereocenters. The zero-order chi connectivity index (χ0) is 31.4. The normalized spacial score (nSPS) is 14.4. The van der Waals surface area contributed by atoms with Crippen LogP contribution >= 0.6 is 7.37 Å². The van der Waals surface area contributed by atoms with Crippen molar-refractivity contribution in [2.24, 2.45) is 5.92 Å². The average Bonchev–Trinajstić information content (AvgIpc) is 3.06. The Morgan fingerprint density at radius 2 is 1.20 bits per heavy atom. The van der Waals surface area contributed by atoms with Gasteiger partial charge >= 0.3 is 6.09 Å². The second kappa shape index (κ2) is 15.9. The summed E-state index contributed by atoms with van der Waals surface area (Å²) in [4.78, 5) is 13.2. The monoisotopic (exact) mass is 612 g/mol. The molecule has 4 rings (SSSR count). The summed E-state index contributed by atoms with van der Waals surface area (Å²) >= 11 is 0. The number of carbonyl (C=O) groups is 1. The van der Waals surface area contributed by atoms with Crippen LogP contribution in [0.15, 0.2) is 121 Å². The van der Waals surface area contributed by atoms with Gasteiger partial charge in [0.25, 0.3) is 0 Å². The largest absolute Gasteiger partial charge is 0.445 e. The third-order valence-corrected chi connectivity index (χ3v) is 10.9. The summed E-state index contributed by atoms with van der Waals surface area (Å²) in [6, 6.07) is 40.2. The van der Waals surface area contributed by atoms with Crippen molar-refractivity contribution in [3.05, 3.63) is 144 Å². The number of hydrogen-bond acceptors (Lipinski definition) is 5. The maximum atomic E-state index is 15.3. The second-order valence-electron chi connectivity index (χ2n) is 11.5. The van der Waals surface area contributed by atoms with Crippen LogP contribution in [0.3, 0.4) is 0 Å². The van der Waals surface area contributed by atoms with Crippen molar-refractivity contribution < 1.29 is 18.6 Å². The predicted molar refractivity (Wildman–Crippen MR) is 179 cm³/mol. The summed E-state index contributed by atoms with van der Waals surface area (Å²) in [5, 5.41) is 6.88. The van der Waals surface area contributed by atoms with Gasteiger partial charge in [-0.2, -0.15) is 0 Å². The van der Waals surface area contributed by atoms with E-state index in [1.807, 2.05) is 84.9 Å². The lowest BCUT2D eigenvalue weighted by Crippen LogP contribution is -2.52. The van der Waals surface area contributed by atoms with Gasteiger partial charge in [0, 0.05) is 7.11 Å². The molecule has 3 unspecified atom stereocenters. The minimum Gasteiger partial charge on any atom is -0.445 e. The summed E-state index contributed by atoms with van der Waals surface area (Å²) in [5.41, 5.74) is 3.06. The van der Waals surface area contributed by atoms with Crippen molar-refractivity contribution in [1.82, 2.24) is 10.6 Å². The van der Waals surface area contributed by atoms with Gasteiger partial charge < -0.3 is 14.6 Å². The van der Waals surface area contributed by atoms with Crippen molar-refractivity contribution >= 4 is 13.5 Å². The highest BCUT2D eigenvalue weighted by atomic mass is 31.2. The number of carbonyl (C=O) groups excluding carboxylic acids is 1. The number of benzene rings is 4. The van der Waals surface area contributed by atoms with Crippen LogP contribution in [-0.4, -0.2) is 24.8 Å². The molecule has 0 aliphatic heterocycles. The summed E-state index contributed by atoms with van der Waals surface area (Å²) < 4.78 is 27.0. The molecule has 0 aromatic heterocycles. The van der Waals surface area contributed by atoms with E-state index in [1.165, 1.54) is 7.11 Å². The van der Waals surface area contributed by atoms with Crippen LogP contribution in [0, 0.1) is 5.92 Å². The number of ether oxygens (including phenoxy) is 1. The molecule has 0 aliphatic rings. The maximum Gasteiger partial charge on any atom is 0.408 e. The van der Waals surface area contributed by atoms with Gasteiger partial charge in [-0.05, 0) is 41.0 Å². The smallest absolute Gasteiger partial charge is 0.408 e. The molecule has 2 N–H and O–H groups in total. The lowest BCUT2D eigenvalue weighted by atomic mass is 9.77. The molecule has 7 heteroatoms. The van der Waals surface area contributed by atoms with E-state index >= 15 is 4.57 Å². The molecule has 0 aliphatic carbocycles. The van der Waals surface area contributed by atoms with Crippen LogP contribution in [-0.2, 0) is 26.0 Å². The Labute approximate surface area is 262 Å². The molecular formula is C37H45N2O4P. The zero-order valence-corrected chi connectivity index (χ0v) is 27.1. The van der Waals surface area contributed by atoms with Crippen molar-refractivity contribution in [1.29, 1.82) is 0 Å². The first-order chi connectivity index (χ1) is 21.3. The van der Waals surface area contributed by atoms with E-state index in [4.69, 9.17) is 9.26 Å². The van der Waals surface area contributed by atoms with Gasteiger partial charge in [0.15, 0.2) is 0 Å². The molecule has 0 bridgehead atoms. The second-order valence-corrected chi connectivity index (χ2v) is 14.4. The first-order valence-electron chi connectivity index (χ1n) is 15.4. The molecule has 4 aromatic rings. The van der Waals surface area contributed by atoms with Crippen LogP contribution in [0.4, 0.5) is 4.79 Å². The molecule has 0 heterocycles. The van der Waals surface area contributed by atoms with Crippen LogP contribution in [0.1, 0.15) is 62.3 Å². The highest BCUT2D eigenvalue weighted by Crippen LogP contribution is 2.58. The van der Waals surface area contributed by atoms with E-state index in [0.717, 1.165) is 28.7 Å². The number of amides is 1. The Balaban J connectivity index is 1.79. The SMILES string of the molecule is CCCC(NC(c1ccccc1)(c1ccccc1)c1ccccc1)P(=O)(OC)C(CC(C)C)NC(=O)OCc1ccccc1. The molecular weight excluding hydrogens is 567 g/mol. The standard InChI is InChI=1S/C37H45N2O4P/c1-5-18-34(44(41,42-4)35(27-29(2)3)38-36(40)43-28-30-19-10-6-11-20-30)39-37(31-21-12-7-13-22-31,32-23-14-8-15-24-32)33-25-16-9-17-26-33/h6-17,19-26,29,34-35,39H,5,18,27-28H2,1-4H3,(H,38,40). The van der Waals surface area contributed by atoms with E-state index in [2.05, 4.69) is 67.8 Å². The van der Waals surface area contributed by atoms with Crippen LogP contribution in [0.5, 0.6) is 0 Å². The fraction of sp³-hybridized carbons (Fsp3) is 0.324. The first-order valence-corrected chi connectivity index (χ1v) is 17.2. The quantitative estimate of drug-likeness (QED) is 0.104. The number of rotatable bonds is 15. The molecule has 0 saturated heterocycles. The van der Waals surface area contributed by atoms with E-state index in [9.17, 15) is 4.79 Å². The van der Waals surface area contributed by atoms with Crippen molar-refractivity contribution in [3.63, 3.8) is 0 Å². The van der Waals surface area contributed by atoms with Gasteiger partial charge in [0.1, 0.15) is 12.4 Å². The van der Waals surface area contributed by atoms with E-state index in [0.29, 0.717) is 12.8 Å². The number of nitrogens with one attached hydrogen (secondary N) is 2. The molecule has 0 fully saturated rings. The Morgan fingerprint density at radius 3 is 1.61 bits per heavy atom.